The van der Waals surface area contributed by atoms with Crippen molar-refractivity contribution in [3.05, 3.63) is 36.0 Å². The van der Waals surface area contributed by atoms with Gasteiger partial charge in [0, 0.05) is 17.9 Å². The van der Waals surface area contributed by atoms with E-state index in [9.17, 15) is 9.59 Å². The van der Waals surface area contributed by atoms with Gasteiger partial charge >= 0.3 is 5.97 Å². The molecule has 0 aromatic heterocycles. The Balaban J connectivity index is 1.33. The van der Waals surface area contributed by atoms with Gasteiger partial charge in [-0.05, 0) is 122 Å². The summed E-state index contributed by atoms with van der Waals surface area (Å²) >= 11 is 0. The normalized spacial score (nSPS) is 43.2. The van der Waals surface area contributed by atoms with Gasteiger partial charge in [0.05, 0.1) is 0 Å². The molecule has 0 saturated heterocycles. The number of fused-ring (bicyclic) bond motifs is 7. The first-order chi connectivity index (χ1) is 20.0. The zero-order chi connectivity index (χ0) is 31.5. The molecule has 3 nitrogen and oxygen atoms in total. The maximum absolute atomic E-state index is 12.9. The van der Waals surface area contributed by atoms with Crippen LogP contribution in [0.1, 0.15) is 146 Å². The molecule has 5 rings (SSSR count). The smallest absolute Gasteiger partial charge is 0.331 e. The Bertz CT molecular complexity index is 1190. The highest BCUT2D eigenvalue weighted by Crippen LogP contribution is 2.75. The van der Waals surface area contributed by atoms with Crippen molar-refractivity contribution >= 4 is 11.8 Å². The summed E-state index contributed by atoms with van der Waals surface area (Å²) in [5.41, 5.74) is 3.53. The molecule has 4 fully saturated rings. The first kappa shape index (κ1) is 32.7. The van der Waals surface area contributed by atoms with E-state index in [2.05, 4.69) is 68.4 Å². The van der Waals surface area contributed by atoms with Gasteiger partial charge in [0.2, 0.25) is 0 Å². The van der Waals surface area contributed by atoms with Gasteiger partial charge in [0.15, 0.2) is 5.78 Å². The zero-order valence-corrected chi connectivity index (χ0v) is 29.1. The molecule has 0 bridgehead atoms. The Morgan fingerprint density at radius 1 is 0.860 bits per heavy atom. The minimum absolute atomic E-state index is 0.0762. The van der Waals surface area contributed by atoms with E-state index >= 15 is 0 Å². The van der Waals surface area contributed by atoms with Crippen molar-refractivity contribution in [1.82, 2.24) is 0 Å². The second kappa shape index (κ2) is 11.3. The van der Waals surface area contributed by atoms with E-state index in [1.165, 1.54) is 57.4 Å². The number of carbonyl (C=O) groups is 2. The van der Waals surface area contributed by atoms with Gasteiger partial charge in [0.25, 0.3) is 0 Å². The van der Waals surface area contributed by atoms with Crippen molar-refractivity contribution in [3.63, 3.8) is 0 Å². The first-order valence-corrected chi connectivity index (χ1v) is 17.8. The average molecular weight is 591 g/mol. The number of hydrogen-bond acceptors (Lipinski definition) is 3. The van der Waals surface area contributed by atoms with Crippen LogP contribution >= 0.6 is 0 Å². The fourth-order valence-electron chi connectivity index (χ4n) is 11.6. The summed E-state index contributed by atoms with van der Waals surface area (Å²) in [5.74, 6) is 1.76. The lowest BCUT2D eigenvalue weighted by Gasteiger charge is -2.71. The largest absolute Gasteiger partial charge is 0.459 e. The molecule has 4 saturated carbocycles. The van der Waals surface area contributed by atoms with Crippen molar-refractivity contribution in [2.45, 2.75) is 152 Å². The predicted octanol–water partition coefficient (Wildman–Crippen LogP) is 10.6. The number of allylic oxidation sites excluding steroid dienone is 5. The van der Waals surface area contributed by atoms with E-state index in [4.69, 9.17) is 4.74 Å². The molecule has 0 radical (unpaired) electrons. The van der Waals surface area contributed by atoms with Crippen LogP contribution in [0, 0.1) is 50.2 Å². The second-order valence-electron chi connectivity index (χ2n) is 17.9. The summed E-state index contributed by atoms with van der Waals surface area (Å²) in [6, 6.07) is 0. The molecule has 0 aliphatic heterocycles. The number of unbranched alkanes of at least 4 members (excludes halogenated alkanes) is 1. The highest BCUT2D eigenvalue weighted by atomic mass is 16.5. The van der Waals surface area contributed by atoms with Crippen molar-refractivity contribution in [2.24, 2.45) is 50.2 Å². The summed E-state index contributed by atoms with van der Waals surface area (Å²) in [6.45, 7) is 22.4. The fourth-order valence-corrected chi connectivity index (χ4v) is 11.6. The van der Waals surface area contributed by atoms with Crippen LogP contribution in [0.3, 0.4) is 0 Å². The molecule has 5 aliphatic rings. The van der Waals surface area contributed by atoms with Crippen LogP contribution in [0.5, 0.6) is 0 Å². The summed E-state index contributed by atoms with van der Waals surface area (Å²) in [5, 5.41) is 0. The Morgan fingerprint density at radius 2 is 1.56 bits per heavy atom. The van der Waals surface area contributed by atoms with E-state index in [0.717, 1.165) is 31.6 Å². The summed E-state index contributed by atoms with van der Waals surface area (Å²) < 4.78 is 6.17. The van der Waals surface area contributed by atoms with Gasteiger partial charge in [-0.1, -0.05) is 92.5 Å². The predicted molar refractivity (Wildman–Crippen MR) is 177 cm³/mol. The van der Waals surface area contributed by atoms with Crippen LogP contribution in [-0.2, 0) is 14.3 Å². The van der Waals surface area contributed by atoms with Crippen LogP contribution in [-0.4, -0.2) is 17.9 Å². The first-order valence-electron chi connectivity index (χ1n) is 17.8. The minimum Gasteiger partial charge on any atom is -0.459 e. The molecule has 0 aromatic carbocycles. The van der Waals surface area contributed by atoms with E-state index in [-0.39, 0.29) is 34.1 Å². The zero-order valence-electron chi connectivity index (χ0n) is 29.1. The quantitative estimate of drug-likeness (QED) is 0.128. The topological polar surface area (TPSA) is 43.4 Å². The molecular formula is C40H62O3. The lowest BCUT2D eigenvalue weighted by molar-refractivity contribution is -0.210. The number of ether oxygens (including phenoxy) is 1. The maximum atomic E-state index is 12.9. The van der Waals surface area contributed by atoms with E-state index < -0.39 is 0 Å². The molecule has 0 aromatic rings. The van der Waals surface area contributed by atoms with Crippen molar-refractivity contribution in [2.75, 3.05) is 0 Å². The Hall–Kier alpha value is -1.64. The number of rotatable bonds is 7. The number of carbonyl (C=O) groups excluding carboxylic acids is 2. The standard InChI is InChI=1S/C40H62O3/c1-10-11-14-28(41)15-12-13-16-34(42)43-33-20-21-38(7)31(36(33,4)5)19-22-40(9)32(38)18-17-29-30-27-35(2,3)23-24-37(30,6)25-26-39(29,40)8/h12-13,15-17,30-33H,10-11,14,18-27H2,1-9H3/b15-12+,16-13+/t30-,31-,32+,33-,37+,38-,39+,40+/m0/s1. The highest BCUT2D eigenvalue weighted by Gasteiger charge is 2.68. The molecule has 8 atom stereocenters. The van der Waals surface area contributed by atoms with E-state index in [0.29, 0.717) is 34.5 Å². The minimum atomic E-state index is -0.286. The average Bonchev–Trinajstić information content (AvgIpc) is 2.93. The van der Waals surface area contributed by atoms with Crippen LogP contribution in [0.15, 0.2) is 36.0 Å². The van der Waals surface area contributed by atoms with Gasteiger partial charge in [-0.25, -0.2) is 4.79 Å². The van der Waals surface area contributed by atoms with E-state index in [1.807, 2.05) is 5.57 Å². The third-order valence-corrected chi connectivity index (χ3v) is 14.7. The SMILES string of the molecule is CCCCC(=O)/C=C/C=C/C(=O)O[C@H]1CC[C@]2(C)[C@H]3CC=C4[C@@H]5CC(C)(C)CC[C@]5(C)CC[C@@]4(C)[C@]3(C)CC[C@H]2C1(C)C. The molecule has 3 heteroatoms. The van der Waals surface area contributed by atoms with Gasteiger partial charge in [0.1, 0.15) is 6.10 Å². The molecule has 240 valence electrons. The van der Waals surface area contributed by atoms with E-state index in [1.54, 1.807) is 18.2 Å². The van der Waals surface area contributed by atoms with Gasteiger partial charge in [-0.3, -0.25) is 4.79 Å². The van der Waals surface area contributed by atoms with Gasteiger partial charge in [-0.2, -0.15) is 0 Å². The molecule has 0 amide bonds. The lowest BCUT2D eigenvalue weighted by atomic mass is 9.33. The molecular weight excluding hydrogens is 528 g/mol. The van der Waals surface area contributed by atoms with Gasteiger partial charge < -0.3 is 4.74 Å². The summed E-state index contributed by atoms with van der Waals surface area (Å²) in [6.07, 6.45) is 24.2. The van der Waals surface area contributed by atoms with Crippen molar-refractivity contribution in [3.8, 4) is 0 Å². The number of esters is 1. The fraction of sp³-hybridized carbons (Fsp3) is 0.800. The van der Waals surface area contributed by atoms with Crippen LogP contribution in [0.2, 0.25) is 0 Å². The Labute approximate surface area is 263 Å². The monoisotopic (exact) mass is 590 g/mol. The molecule has 5 aliphatic carbocycles. The van der Waals surface area contributed by atoms with Gasteiger partial charge in [-0.15, -0.1) is 0 Å². The third-order valence-electron chi connectivity index (χ3n) is 14.7. The molecule has 0 unspecified atom stereocenters. The maximum Gasteiger partial charge on any atom is 0.331 e. The molecule has 0 spiro atoms. The number of ketones is 1. The van der Waals surface area contributed by atoms with Crippen LogP contribution in [0.4, 0.5) is 0 Å². The summed E-state index contributed by atoms with van der Waals surface area (Å²) in [7, 11) is 0. The molecule has 43 heavy (non-hydrogen) atoms. The van der Waals surface area contributed by atoms with Crippen molar-refractivity contribution in [1.29, 1.82) is 0 Å². The lowest BCUT2D eigenvalue weighted by Crippen LogP contribution is -2.64. The Kier molecular flexibility index (Phi) is 8.61. The summed E-state index contributed by atoms with van der Waals surface area (Å²) in [4.78, 5) is 24.8. The number of hydrogen-bond donors (Lipinski definition) is 0. The van der Waals surface area contributed by atoms with Crippen molar-refractivity contribution < 1.29 is 14.3 Å². The highest BCUT2D eigenvalue weighted by molar-refractivity contribution is 5.90. The third kappa shape index (κ3) is 5.45. The molecule has 0 N–H and O–H groups in total. The van der Waals surface area contributed by atoms with Crippen LogP contribution in [0.25, 0.3) is 0 Å². The van der Waals surface area contributed by atoms with Crippen LogP contribution < -0.4 is 0 Å². The molecule has 0 heterocycles. The Morgan fingerprint density at radius 3 is 2.28 bits per heavy atom. The second-order valence-corrected chi connectivity index (χ2v) is 17.9.